The van der Waals surface area contributed by atoms with E-state index >= 15 is 0 Å². The lowest BCUT2D eigenvalue weighted by molar-refractivity contribution is -0.137. The van der Waals surface area contributed by atoms with E-state index in [-0.39, 0.29) is 17.7 Å². The molecule has 0 bridgehead atoms. The molecule has 1 amide bonds. The van der Waals surface area contributed by atoms with Gasteiger partial charge in [-0.25, -0.2) is 0 Å². The van der Waals surface area contributed by atoms with Gasteiger partial charge in [0.25, 0.3) is 0 Å². The number of methoxy groups -OCH3 is 1. The van der Waals surface area contributed by atoms with Crippen molar-refractivity contribution in [3.8, 4) is 0 Å². The zero-order valence-corrected chi connectivity index (χ0v) is 11.9. The largest absolute Gasteiger partial charge is 0.383 e. The van der Waals surface area contributed by atoms with Gasteiger partial charge in [0.05, 0.1) is 12.5 Å². The number of hydrogen-bond acceptors (Lipinski definition) is 3. The lowest BCUT2D eigenvalue weighted by atomic mass is 9.94. The van der Waals surface area contributed by atoms with Gasteiger partial charge in [0.15, 0.2) is 0 Å². The molecular weight excluding hydrogens is 216 g/mol. The molecule has 0 aromatic carbocycles. The highest BCUT2D eigenvalue weighted by atomic mass is 16.5. The average Bonchev–Trinajstić information content (AvgIpc) is 2.23. The number of nitrogens with two attached hydrogens (primary N) is 1. The fraction of sp³-hybridized carbons (Fsp3) is 0.923. The predicted molar refractivity (Wildman–Crippen MR) is 70.7 cm³/mol. The van der Waals surface area contributed by atoms with Gasteiger partial charge in [0, 0.05) is 26.7 Å². The normalized spacial score (nSPS) is 13.2. The van der Waals surface area contributed by atoms with Crippen molar-refractivity contribution in [2.45, 2.75) is 27.7 Å². The minimum absolute atomic E-state index is 0.0781. The monoisotopic (exact) mass is 244 g/mol. The summed E-state index contributed by atoms with van der Waals surface area (Å²) in [5.74, 6) is 0.824. The minimum atomic E-state index is -0.0781. The molecule has 1 unspecified atom stereocenters. The molecule has 0 aromatic rings. The molecule has 0 aliphatic heterocycles. The van der Waals surface area contributed by atoms with E-state index in [0.29, 0.717) is 25.6 Å². The summed E-state index contributed by atoms with van der Waals surface area (Å²) in [6.07, 6.45) is 0. The lowest BCUT2D eigenvalue weighted by Gasteiger charge is -2.29. The van der Waals surface area contributed by atoms with E-state index in [2.05, 4.69) is 13.8 Å². The number of nitrogens with zero attached hydrogens (tertiary/aromatic N) is 1. The molecule has 0 saturated carbocycles. The Balaban J connectivity index is 4.58. The molecule has 4 nitrogen and oxygen atoms in total. The quantitative estimate of drug-likeness (QED) is 0.701. The van der Waals surface area contributed by atoms with Crippen LogP contribution < -0.4 is 5.73 Å². The maximum absolute atomic E-state index is 12.3. The minimum Gasteiger partial charge on any atom is -0.383 e. The Morgan fingerprint density at radius 1 is 1.29 bits per heavy atom. The molecule has 0 rings (SSSR count). The van der Waals surface area contributed by atoms with Crippen LogP contribution in [0.2, 0.25) is 0 Å². The first kappa shape index (κ1) is 16.4. The SMILES string of the molecule is COCCN(CC(C)C)C(=O)C(CN)C(C)C. The Kier molecular flexibility index (Phi) is 8.17. The highest BCUT2D eigenvalue weighted by molar-refractivity contribution is 5.79. The number of hydrogen-bond donors (Lipinski definition) is 1. The summed E-state index contributed by atoms with van der Waals surface area (Å²) < 4.78 is 5.05. The Morgan fingerprint density at radius 2 is 1.88 bits per heavy atom. The van der Waals surface area contributed by atoms with Crippen LogP contribution >= 0.6 is 0 Å². The molecule has 0 heterocycles. The molecule has 0 aliphatic rings. The van der Waals surface area contributed by atoms with Gasteiger partial charge in [-0.3, -0.25) is 4.79 Å². The van der Waals surface area contributed by atoms with Crippen molar-refractivity contribution in [1.82, 2.24) is 4.90 Å². The summed E-state index contributed by atoms with van der Waals surface area (Å²) in [6, 6.07) is 0. The third-order valence-corrected chi connectivity index (χ3v) is 2.84. The van der Waals surface area contributed by atoms with Crippen molar-refractivity contribution in [2.75, 3.05) is 33.4 Å². The van der Waals surface area contributed by atoms with Crippen molar-refractivity contribution >= 4 is 5.91 Å². The van der Waals surface area contributed by atoms with Crippen LogP contribution in [0.15, 0.2) is 0 Å². The first-order chi connectivity index (χ1) is 7.93. The van der Waals surface area contributed by atoms with Gasteiger partial charge >= 0.3 is 0 Å². The third-order valence-electron chi connectivity index (χ3n) is 2.84. The molecule has 1 atom stereocenters. The Morgan fingerprint density at radius 3 is 2.24 bits per heavy atom. The Bertz CT molecular complexity index is 217. The molecule has 0 radical (unpaired) electrons. The van der Waals surface area contributed by atoms with Crippen LogP contribution in [0.5, 0.6) is 0 Å². The first-order valence-electron chi connectivity index (χ1n) is 6.41. The van der Waals surface area contributed by atoms with Gasteiger partial charge in [0.1, 0.15) is 0 Å². The number of carbonyl (C=O) groups excluding carboxylic acids is 1. The van der Waals surface area contributed by atoms with Crippen LogP contribution in [0.1, 0.15) is 27.7 Å². The van der Waals surface area contributed by atoms with E-state index in [0.717, 1.165) is 6.54 Å². The van der Waals surface area contributed by atoms with Crippen molar-refractivity contribution in [2.24, 2.45) is 23.5 Å². The van der Waals surface area contributed by atoms with Gasteiger partial charge in [-0.15, -0.1) is 0 Å². The maximum atomic E-state index is 12.3. The molecule has 17 heavy (non-hydrogen) atoms. The number of amides is 1. The Hall–Kier alpha value is -0.610. The van der Waals surface area contributed by atoms with Gasteiger partial charge in [-0.2, -0.15) is 0 Å². The second-order valence-corrected chi connectivity index (χ2v) is 5.26. The summed E-state index contributed by atoms with van der Waals surface area (Å²) in [4.78, 5) is 14.2. The molecule has 0 aliphatic carbocycles. The van der Waals surface area contributed by atoms with Crippen molar-refractivity contribution < 1.29 is 9.53 Å². The van der Waals surface area contributed by atoms with Crippen LogP contribution in [-0.2, 0) is 9.53 Å². The van der Waals surface area contributed by atoms with E-state index in [4.69, 9.17) is 10.5 Å². The molecule has 0 fully saturated rings. The summed E-state index contributed by atoms with van der Waals surface area (Å²) >= 11 is 0. The van der Waals surface area contributed by atoms with Crippen LogP contribution in [0, 0.1) is 17.8 Å². The van der Waals surface area contributed by atoms with Crippen molar-refractivity contribution in [3.05, 3.63) is 0 Å². The highest BCUT2D eigenvalue weighted by Crippen LogP contribution is 2.14. The smallest absolute Gasteiger partial charge is 0.227 e. The molecular formula is C13H28N2O2. The molecule has 2 N–H and O–H groups in total. The molecule has 4 heteroatoms. The Labute approximate surface area is 105 Å². The van der Waals surface area contributed by atoms with Gasteiger partial charge in [0.2, 0.25) is 5.91 Å². The highest BCUT2D eigenvalue weighted by Gasteiger charge is 2.25. The van der Waals surface area contributed by atoms with E-state index < -0.39 is 0 Å². The molecule has 0 saturated heterocycles. The van der Waals surface area contributed by atoms with E-state index in [1.54, 1.807) is 7.11 Å². The fourth-order valence-corrected chi connectivity index (χ4v) is 1.83. The van der Waals surface area contributed by atoms with E-state index in [1.807, 2.05) is 18.7 Å². The van der Waals surface area contributed by atoms with Crippen LogP contribution in [0.25, 0.3) is 0 Å². The molecule has 102 valence electrons. The molecule has 0 spiro atoms. The number of carbonyl (C=O) groups is 1. The van der Waals surface area contributed by atoms with Crippen molar-refractivity contribution in [3.63, 3.8) is 0 Å². The van der Waals surface area contributed by atoms with Gasteiger partial charge in [-0.05, 0) is 11.8 Å². The second kappa shape index (κ2) is 8.48. The standard InChI is InChI=1S/C13H28N2O2/c1-10(2)9-15(6-7-17-5)13(16)12(8-14)11(3)4/h10-12H,6-9,14H2,1-5H3. The predicted octanol–water partition coefficient (Wildman–Crippen LogP) is 1.35. The molecule has 0 aromatic heterocycles. The van der Waals surface area contributed by atoms with E-state index in [9.17, 15) is 4.79 Å². The lowest BCUT2D eigenvalue weighted by Crippen LogP contribution is -2.44. The van der Waals surface area contributed by atoms with Gasteiger partial charge < -0.3 is 15.4 Å². The van der Waals surface area contributed by atoms with E-state index in [1.165, 1.54) is 0 Å². The zero-order valence-electron chi connectivity index (χ0n) is 11.9. The zero-order chi connectivity index (χ0) is 13.4. The van der Waals surface area contributed by atoms with Crippen LogP contribution in [0.4, 0.5) is 0 Å². The fourth-order valence-electron chi connectivity index (χ4n) is 1.83. The maximum Gasteiger partial charge on any atom is 0.227 e. The van der Waals surface area contributed by atoms with Crippen molar-refractivity contribution in [1.29, 1.82) is 0 Å². The first-order valence-corrected chi connectivity index (χ1v) is 6.41. The number of ether oxygens (including phenoxy) is 1. The average molecular weight is 244 g/mol. The summed E-state index contributed by atoms with van der Waals surface area (Å²) in [5, 5.41) is 0. The van der Waals surface area contributed by atoms with Gasteiger partial charge in [-0.1, -0.05) is 27.7 Å². The van der Waals surface area contributed by atoms with Crippen LogP contribution in [-0.4, -0.2) is 44.2 Å². The summed E-state index contributed by atoms with van der Waals surface area (Å²) in [6.45, 7) is 10.7. The second-order valence-electron chi connectivity index (χ2n) is 5.26. The third kappa shape index (κ3) is 6.03. The van der Waals surface area contributed by atoms with Crippen LogP contribution in [0.3, 0.4) is 0 Å². The number of rotatable bonds is 8. The summed E-state index contributed by atoms with van der Waals surface area (Å²) in [5.41, 5.74) is 5.69. The summed E-state index contributed by atoms with van der Waals surface area (Å²) in [7, 11) is 1.65. The topological polar surface area (TPSA) is 55.6 Å².